The zero-order valence-electron chi connectivity index (χ0n) is 62.7. The van der Waals surface area contributed by atoms with E-state index in [2.05, 4.69) is 216 Å². The minimum Gasteiger partial charge on any atom is -0.385 e. The van der Waals surface area contributed by atoms with Gasteiger partial charge in [-0.15, -0.1) is 0 Å². The highest BCUT2D eigenvalue weighted by molar-refractivity contribution is 7.98. The summed E-state index contributed by atoms with van der Waals surface area (Å²) in [4.78, 5) is 7.24. The molecule has 1 saturated carbocycles. The van der Waals surface area contributed by atoms with Crippen molar-refractivity contribution in [3.63, 3.8) is 0 Å². The Morgan fingerprint density at radius 1 is 0.522 bits per heavy atom. The average Bonchev–Trinajstić information content (AvgIpc) is 3.39. The second kappa shape index (κ2) is 90.8. The largest absolute Gasteiger partial charge is 0.385 e. The minimum absolute atomic E-state index is 0. The fourth-order valence-electron chi connectivity index (χ4n) is 7.67. The van der Waals surface area contributed by atoms with Gasteiger partial charge in [-0.2, -0.15) is 11.8 Å². The van der Waals surface area contributed by atoms with Crippen molar-refractivity contribution < 1.29 is 38.4 Å². The maximum atomic E-state index is 9.54. The molecule has 0 bridgehead atoms. The van der Waals surface area contributed by atoms with Crippen molar-refractivity contribution in [1.82, 2.24) is 30.7 Å². The van der Waals surface area contributed by atoms with E-state index < -0.39 is 0 Å². The molecule has 2 atom stereocenters. The van der Waals surface area contributed by atoms with E-state index in [9.17, 15) is 5.11 Å². The number of thioether (sulfide) groups is 1. The zero-order chi connectivity index (χ0) is 65.3. The molecule has 14 nitrogen and oxygen atoms in total. The van der Waals surface area contributed by atoms with Crippen LogP contribution in [-0.2, 0) is 4.74 Å². The van der Waals surface area contributed by atoms with Crippen molar-refractivity contribution in [2.45, 2.75) is 261 Å². The van der Waals surface area contributed by atoms with Gasteiger partial charge in [0.2, 0.25) is 0 Å². The molecule has 0 amide bonds. The van der Waals surface area contributed by atoms with E-state index in [4.69, 9.17) is 4.74 Å². The molecule has 15 heteroatoms. The molecule has 8 N–H and O–H groups in total. The van der Waals surface area contributed by atoms with Crippen molar-refractivity contribution >= 4 is 11.8 Å². The highest BCUT2D eigenvalue weighted by Gasteiger charge is 2.28. The summed E-state index contributed by atoms with van der Waals surface area (Å²) >= 11 is 1.93. The first-order valence-corrected chi connectivity index (χ1v) is 36.0. The summed E-state index contributed by atoms with van der Waals surface area (Å²) in [5.41, 5.74) is 0. The summed E-state index contributed by atoms with van der Waals surface area (Å²) in [6, 6.07) is 0.991. The molecule has 1 aliphatic carbocycles. The number of likely N-dealkylation sites (tertiary alicyclic amines) is 1. The molecule has 0 aromatic rings. The number of aliphatic hydroxyl groups is 1. The van der Waals surface area contributed by atoms with Crippen molar-refractivity contribution in [3.8, 4) is 0 Å². The molecular weight excluding hydrogens is 1130 g/mol. The first kappa shape index (κ1) is 123. The fraction of sp³-hybridized carbons (Fsp3) is 1.00. The predicted molar refractivity (Wildman–Crippen MR) is 427 cm³/mol. The van der Waals surface area contributed by atoms with Gasteiger partial charge in [-0.1, -0.05) is 159 Å². The molecule has 2 fully saturated rings. The summed E-state index contributed by atoms with van der Waals surface area (Å²) in [5, 5.41) is 23.7. The van der Waals surface area contributed by atoms with E-state index in [1.807, 2.05) is 25.9 Å². The van der Waals surface area contributed by atoms with Crippen LogP contribution in [0.2, 0.25) is 0 Å². The first-order valence-electron chi connectivity index (χ1n) is 34.6. The monoisotopic (exact) mass is 1330 g/mol. The van der Waals surface area contributed by atoms with Crippen molar-refractivity contribution in [2.75, 3.05) is 244 Å². The number of hydrogen-bond acceptors (Lipinski definition) is 9. The van der Waals surface area contributed by atoms with Gasteiger partial charge in [0.25, 0.3) is 0 Å². The van der Waals surface area contributed by atoms with Crippen LogP contribution in [0.5, 0.6) is 0 Å². The lowest BCUT2D eigenvalue weighted by atomic mass is 9.94. The Labute approximate surface area is 582 Å². The molecule has 90 heavy (non-hydrogen) atoms. The summed E-state index contributed by atoms with van der Waals surface area (Å²) in [7, 11) is 39.0. The minimum atomic E-state index is -0.336. The Morgan fingerprint density at radius 2 is 0.978 bits per heavy atom. The Bertz CT molecular complexity index is 1130. The molecule has 1 saturated heterocycles. The summed E-state index contributed by atoms with van der Waals surface area (Å²) in [6.45, 7) is 35.7. The smallest absolute Gasteiger partial charge is 0.143 e. The van der Waals surface area contributed by atoms with E-state index in [0.29, 0.717) is 6.61 Å². The molecule has 2 aliphatic rings. The Morgan fingerprint density at radius 3 is 1.30 bits per heavy atom. The van der Waals surface area contributed by atoms with Gasteiger partial charge in [0.1, 0.15) is 18.8 Å². The van der Waals surface area contributed by atoms with Crippen LogP contribution in [0.25, 0.3) is 0 Å². The number of rotatable bonds is 40. The molecule has 0 aromatic heterocycles. The molecule has 0 spiro atoms. The average molecular weight is 1330 g/mol. The quantitative estimate of drug-likeness (QED) is 0.0264. The standard InChI is InChI=1S/2C10H25N2.C10H24NO2.C8H18N2.C8H20N2.C7H18N.C5H11N.C5H13N.C5H12S.7CH4/c1-6-7-9-12(4,5)10-8-11(2)3;1-6-7-8-11(2)9-10-12(3,4)5;1-5-6-7-13-9-10(12)8-11(2,3)4;1-3-4-6-10-7-5-8(10)9-2;1-3-4-7-10-8-5-6-9-2;1-5-6-7-8(2,3)4;1-6-5-3-2-4-5;2*1-3-4-5-6-2;;;;;;;/h2*6-10H2,1-5H3;10,12H,5-9H2,1-4H3;8-9H,3-7H2,1-2H3;9-10H,3-8H2,1-2H3;5-7H2,1-4H3;5-6H,2-4H2,1H3;6H,3-5H2,1-2H3;3-5H2,1-2H3;7*1H4/q3*+1;;;+1;;;;;;;;;;/p+2. The normalized spacial score (nSPS) is 13.3. The predicted octanol–water partition coefficient (Wildman–Crippen LogP) is 13.5. The molecule has 0 aromatic carbocycles. The van der Waals surface area contributed by atoms with Gasteiger partial charge < -0.3 is 64.2 Å². The van der Waals surface area contributed by atoms with E-state index in [-0.39, 0.29) is 58.1 Å². The third-order valence-electron chi connectivity index (χ3n) is 14.2. The number of quaternary nitrogens is 6. The molecular formula is C75H196N12O2S+6. The van der Waals surface area contributed by atoms with Crippen LogP contribution in [0, 0.1) is 0 Å². The summed E-state index contributed by atoms with van der Waals surface area (Å²) in [6.07, 6.45) is 30.4. The van der Waals surface area contributed by atoms with E-state index >= 15 is 0 Å². The number of nitrogens with two attached hydrogens (primary N) is 2. The van der Waals surface area contributed by atoms with Gasteiger partial charge >= 0.3 is 0 Å². The van der Waals surface area contributed by atoms with Crippen LogP contribution < -0.4 is 26.6 Å². The van der Waals surface area contributed by atoms with Gasteiger partial charge in [0.05, 0.1) is 130 Å². The molecule has 1 aliphatic heterocycles. The Kier molecular flexibility index (Phi) is 124. The third-order valence-corrected chi connectivity index (χ3v) is 14.9. The second-order valence-electron chi connectivity index (χ2n) is 27.6. The molecule has 2 unspecified atom stereocenters. The van der Waals surface area contributed by atoms with Gasteiger partial charge in [-0.25, -0.2) is 0 Å². The fourth-order valence-corrected chi connectivity index (χ4v) is 8.25. The molecule has 568 valence electrons. The number of nitrogens with zero attached hydrogens (tertiary/aromatic N) is 7. The van der Waals surface area contributed by atoms with Crippen LogP contribution in [0.3, 0.4) is 0 Å². The number of hydrogen-bond donors (Lipinski definition) is 6. The zero-order valence-corrected chi connectivity index (χ0v) is 63.5. The van der Waals surface area contributed by atoms with Crippen LogP contribution in [0.15, 0.2) is 0 Å². The highest BCUT2D eigenvalue weighted by atomic mass is 32.2. The van der Waals surface area contributed by atoms with Gasteiger partial charge in [-0.3, -0.25) is 4.90 Å². The topological polar surface area (TPSA) is 108 Å². The lowest BCUT2D eigenvalue weighted by molar-refractivity contribution is -0.890. The Hall–Kier alpha value is -0.210. The number of aliphatic hydroxyl groups excluding tert-OH is 1. The summed E-state index contributed by atoms with van der Waals surface area (Å²) in [5.74, 6) is 1.33. The maximum Gasteiger partial charge on any atom is 0.143 e. The molecule has 2 rings (SSSR count). The van der Waals surface area contributed by atoms with Crippen LogP contribution in [-0.4, -0.2) is 300 Å². The number of ether oxygens (including phenoxy) is 1. The van der Waals surface area contributed by atoms with E-state index in [0.717, 1.165) is 75.8 Å². The van der Waals surface area contributed by atoms with Crippen LogP contribution in [0.4, 0.5) is 0 Å². The SMILES string of the molecule is C.C.C.C.C.C.C.CCCCN(C)CC[N+](C)(C)C.CCCCN1CCC1[NH2+]C.CCCCNC.CCCCNCCCNC.CCCCOCC(O)C[N+](C)(C)C.CCCCSC.CCCC[N+](C)(C)C.CCCC[N+](C)(C)CCN(C)C.C[NH2+]C1CCC1. The van der Waals surface area contributed by atoms with Gasteiger partial charge in [0.15, 0.2) is 0 Å². The van der Waals surface area contributed by atoms with Crippen molar-refractivity contribution in [3.05, 3.63) is 0 Å². The van der Waals surface area contributed by atoms with Crippen LogP contribution >= 0.6 is 11.8 Å². The highest BCUT2D eigenvalue weighted by Crippen LogP contribution is 2.13. The number of likely N-dealkylation sites (N-methyl/N-ethyl adjacent to an activating group) is 5. The third kappa shape index (κ3) is 125. The number of unbranched alkanes of at least 4 members (excludes halogenated alkanes) is 8. The lowest BCUT2D eigenvalue weighted by Gasteiger charge is -2.37. The summed E-state index contributed by atoms with van der Waals surface area (Å²) < 4.78 is 9.43. The van der Waals surface area contributed by atoms with Gasteiger partial charge in [-0.05, 0) is 157 Å². The van der Waals surface area contributed by atoms with Crippen molar-refractivity contribution in [1.29, 1.82) is 0 Å². The lowest BCUT2D eigenvalue weighted by Crippen LogP contribution is -2.93. The Balaban J connectivity index is -0.0000000602. The van der Waals surface area contributed by atoms with E-state index in [1.165, 1.54) is 193 Å². The first-order chi connectivity index (χ1) is 39.0. The number of nitrogens with one attached hydrogen (secondary N) is 3. The molecule has 1 heterocycles. The van der Waals surface area contributed by atoms with Crippen molar-refractivity contribution in [2.24, 2.45) is 0 Å². The van der Waals surface area contributed by atoms with Crippen LogP contribution in [0.1, 0.15) is 242 Å². The molecule has 0 radical (unpaired) electrons. The second-order valence-corrected chi connectivity index (χ2v) is 28.6. The van der Waals surface area contributed by atoms with E-state index in [1.54, 1.807) is 0 Å². The van der Waals surface area contributed by atoms with Gasteiger partial charge in [0, 0.05) is 39.2 Å². The maximum absolute atomic E-state index is 9.54.